The zero-order valence-corrected chi connectivity index (χ0v) is 13.4. The molecule has 21 heavy (non-hydrogen) atoms. The highest BCUT2D eigenvalue weighted by molar-refractivity contribution is 9.10. The molecule has 2 aromatic carbocycles. The molecule has 0 spiro atoms. The molecular weight excluding hydrogens is 326 g/mol. The number of halogens is 1. The molecule has 1 heterocycles. The van der Waals surface area contributed by atoms with Crippen LogP contribution in [0.2, 0.25) is 0 Å². The molecule has 2 aromatic rings. The van der Waals surface area contributed by atoms with Crippen molar-refractivity contribution in [2.24, 2.45) is 0 Å². The quantitative estimate of drug-likeness (QED) is 0.810. The summed E-state index contributed by atoms with van der Waals surface area (Å²) in [6.45, 7) is 1.57. The minimum Gasteiger partial charge on any atom is -0.338 e. The molecule has 1 aliphatic heterocycles. The van der Waals surface area contributed by atoms with Gasteiger partial charge in [0.05, 0.1) is 0 Å². The minimum atomic E-state index is 0.262. The summed E-state index contributed by atoms with van der Waals surface area (Å²) in [6, 6.07) is 18.5. The summed E-state index contributed by atoms with van der Waals surface area (Å²) < 4.78 is 1.08. The number of hydrogen-bond acceptors (Lipinski definition) is 1. The highest BCUT2D eigenvalue weighted by Crippen LogP contribution is 2.30. The van der Waals surface area contributed by atoms with Gasteiger partial charge in [-0.2, -0.15) is 0 Å². The third-order valence-electron chi connectivity index (χ3n) is 4.08. The Balaban J connectivity index is 1.64. The van der Waals surface area contributed by atoms with Crippen LogP contribution in [0.4, 0.5) is 0 Å². The molecule has 0 N–H and O–H groups in total. The molecule has 1 unspecified atom stereocenters. The first-order valence-electron chi connectivity index (χ1n) is 7.29. The molecule has 1 amide bonds. The standard InChI is InChI=1S/C18H18BrNO/c19-17-8-6-15(7-9-17)16-10-11-20(18(21)12-16)13-14-4-2-1-3-5-14/h1-9,16H,10-13H2. The predicted molar refractivity (Wildman–Crippen MR) is 88.0 cm³/mol. The lowest BCUT2D eigenvalue weighted by atomic mass is 9.89. The molecule has 1 aliphatic rings. The fraction of sp³-hybridized carbons (Fsp3) is 0.278. The fourth-order valence-corrected chi connectivity index (χ4v) is 3.13. The van der Waals surface area contributed by atoms with E-state index >= 15 is 0 Å². The van der Waals surface area contributed by atoms with E-state index in [-0.39, 0.29) is 5.91 Å². The van der Waals surface area contributed by atoms with Gasteiger partial charge in [-0.3, -0.25) is 4.79 Å². The number of carbonyl (C=O) groups is 1. The Labute approximate surface area is 133 Å². The maximum Gasteiger partial charge on any atom is 0.223 e. The maximum atomic E-state index is 12.4. The third kappa shape index (κ3) is 3.53. The van der Waals surface area contributed by atoms with Crippen molar-refractivity contribution in [2.75, 3.05) is 6.54 Å². The SMILES string of the molecule is O=C1CC(c2ccc(Br)cc2)CCN1Cc1ccccc1. The van der Waals surface area contributed by atoms with Crippen molar-refractivity contribution in [1.82, 2.24) is 4.90 Å². The van der Waals surface area contributed by atoms with Crippen molar-refractivity contribution in [2.45, 2.75) is 25.3 Å². The number of carbonyl (C=O) groups excluding carboxylic acids is 1. The molecule has 1 fully saturated rings. The predicted octanol–water partition coefficient (Wildman–Crippen LogP) is 4.36. The van der Waals surface area contributed by atoms with Crippen molar-refractivity contribution < 1.29 is 4.79 Å². The van der Waals surface area contributed by atoms with E-state index in [0.717, 1.165) is 24.0 Å². The van der Waals surface area contributed by atoms with Crippen LogP contribution in [0.15, 0.2) is 59.1 Å². The molecule has 1 atom stereocenters. The van der Waals surface area contributed by atoms with Gasteiger partial charge >= 0.3 is 0 Å². The summed E-state index contributed by atoms with van der Waals surface area (Å²) in [4.78, 5) is 14.3. The van der Waals surface area contributed by atoms with Gasteiger partial charge in [-0.25, -0.2) is 0 Å². The molecule has 3 rings (SSSR count). The van der Waals surface area contributed by atoms with Crippen molar-refractivity contribution in [1.29, 1.82) is 0 Å². The lowest BCUT2D eigenvalue weighted by Gasteiger charge is -2.32. The smallest absolute Gasteiger partial charge is 0.223 e. The molecule has 0 saturated carbocycles. The second-order valence-corrected chi connectivity index (χ2v) is 6.46. The molecule has 108 valence electrons. The van der Waals surface area contributed by atoms with Gasteiger partial charge in [0, 0.05) is 24.0 Å². The minimum absolute atomic E-state index is 0.262. The number of likely N-dealkylation sites (tertiary alicyclic amines) is 1. The van der Waals surface area contributed by atoms with E-state index in [1.807, 2.05) is 23.1 Å². The van der Waals surface area contributed by atoms with Crippen LogP contribution in [0.25, 0.3) is 0 Å². The van der Waals surface area contributed by atoms with Crippen LogP contribution in [0.3, 0.4) is 0 Å². The van der Waals surface area contributed by atoms with Gasteiger partial charge in [0.25, 0.3) is 0 Å². The van der Waals surface area contributed by atoms with E-state index in [1.54, 1.807) is 0 Å². The zero-order valence-electron chi connectivity index (χ0n) is 11.8. The Kier molecular flexibility index (Phi) is 4.39. The van der Waals surface area contributed by atoms with Crippen molar-refractivity contribution in [3.63, 3.8) is 0 Å². The van der Waals surface area contributed by atoms with E-state index < -0.39 is 0 Å². The van der Waals surface area contributed by atoms with Crippen molar-refractivity contribution in [3.05, 3.63) is 70.2 Å². The van der Waals surface area contributed by atoms with E-state index in [0.29, 0.717) is 12.3 Å². The van der Waals surface area contributed by atoms with Crippen molar-refractivity contribution >= 4 is 21.8 Å². The van der Waals surface area contributed by atoms with Crippen LogP contribution in [0.1, 0.15) is 29.9 Å². The van der Waals surface area contributed by atoms with Gasteiger partial charge in [0.1, 0.15) is 0 Å². The van der Waals surface area contributed by atoms with Crippen LogP contribution in [-0.4, -0.2) is 17.4 Å². The number of benzene rings is 2. The Morgan fingerprint density at radius 3 is 2.43 bits per heavy atom. The Morgan fingerprint density at radius 2 is 1.76 bits per heavy atom. The Bertz CT molecular complexity index is 609. The van der Waals surface area contributed by atoms with Crippen LogP contribution < -0.4 is 0 Å². The molecular formula is C18H18BrNO. The Morgan fingerprint density at radius 1 is 1.05 bits per heavy atom. The summed E-state index contributed by atoms with van der Waals surface area (Å²) in [5, 5.41) is 0. The van der Waals surface area contributed by atoms with Crippen LogP contribution in [0, 0.1) is 0 Å². The molecule has 0 aliphatic carbocycles. The van der Waals surface area contributed by atoms with Crippen LogP contribution >= 0.6 is 15.9 Å². The monoisotopic (exact) mass is 343 g/mol. The first-order chi connectivity index (χ1) is 10.2. The maximum absolute atomic E-state index is 12.4. The number of rotatable bonds is 3. The normalized spacial score (nSPS) is 18.8. The number of amides is 1. The van der Waals surface area contributed by atoms with Gasteiger partial charge < -0.3 is 4.90 Å². The lowest BCUT2D eigenvalue weighted by Crippen LogP contribution is -2.37. The van der Waals surface area contributed by atoms with Gasteiger partial charge in [0.15, 0.2) is 0 Å². The highest BCUT2D eigenvalue weighted by Gasteiger charge is 2.26. The van der Waals surface area contributed by atoms with Gasteiger partial charge in [-0.05, 0) is 35.6 Å². The summed E-state index contributed by atoms with van der Waals surface area (Å²) in [7, 11) is 0. The van der Waals surface area contributed by atoms with Gasteiger partial charge in [-0.15, -0.1) is 0 Å². The highest BCUT2D eigenvalue weighted by atomic mass is 79.9. The van der Waals surface area contributed by atoms with E-state index in [2.05, 4.69) is 52.3 Å². The number of nitrogens with zero attached hydrogens (tertiary/aromatic N) is 1. The van der Waals surface area contributed by atoms with E-state index in [4.69, 9.17) is 0 Å². The largest absolute Gasteiger partial charge is 0.338 e. The zero-order chi connectivity index (χ0) is 14.7. The second kappa shape index (κ2) is 6.44. The summed E-state index contributed by atoms with van der Waals surface area (Å²) >= 11 is 3.45. The summed E-state index contributed by atoms with van der Waals surface area (Å²) in [5.41, 5.74) is 2.47. The molecule has 3 heteroatoms. The van der Waals surface area contributed by atoms with E-state index in [9.17, 15) is 4.79 Å². The molecule has 0 radical (unpaired) electrons. The molecule has 1 saturated heterocycles. The number of piperidine rings is 1. The number of hydrogen-bond donors (Lipinski definition) is 0. The van der Waals surface area contributed by atoms with Crippen LogP contribution in [0.5, 0.6) is 0 Å². The summed E-state index contributed by atoms with van der Waals surface area (Å²) in [6.07, 6.45) is 1.66. The van der Waals surface area contributed by atoms with Gasteiger partial charge in [-0.1, -0.05) is 58.4 Å². The van der Waals surface area contributed by atoms with Crippen LogP contribution in [-0.2, 0) is 11.3 Å². The Hall–Kier alpha value is -1.61. The molecule has 0 bridgehead atoms. The third-order valence-corrected chi connectivity index (χ3v) is 4.61. The average molecular weight is 344 g/mol. The van der Waals surface area contributed by atoms with Crippen molar-refractivity contribution in [3.8, 4) is 0 Å². The van der Waals surface area contributed by atoms with Gasteiger partial charge in [0.2, 0.25) is 5.91 Å². The average Bonchev–Trinajstić information content (AvgIpc) is 2.51. The first-order valence-corrected chi connectivity index (χ1v) is 8.09. The molecule has 0 aromatic heterocycles. The lowest BCUT2D eigenvalue weighted by molar-refractivity contribution is -0.134. The topological polar surface area (TPSA) is 20.3 Å². The summed E-state index contributed by atoms with van der Waals surface area (Å²) in [5.74, 6) is 0.621. The first kappa shape index (κ1) is 14.3. The second-order valence-electron chi connectivity index (χ2n) is 5.54. The van der Waals surface area contributed by atoms with E-state index in [1.165, 1.54) is 11.1 Å². The fourth-order valence-electron chi connectivity index (χ4n) is 2.87. The molecule has 2 nitrogen and oxygen atoms in total.